The quantitative estimate of drug-likeness (QED) is 0.934. The summed E-state index contributed by atoms with van der Waals surface area (Å²) in [6.45, 7) is 5.74. The van der Waals surface area contributed by atoms with Gasteiger partial charge in [-0.2, -0.15) is 0 Å². The van der Waals surface area contributed by atoms with Crippen LogP contribution in [0.3, 0.4) is 0 Å². The summed E-state index contributed by atoms with van der Waals surface area (Å²) in [5, 5.41) is 0. The van der Waals surface area contributed by atoms with Crippen LogP contribution in [0.1, 0.15) is 28.7 Å². The van der Waals surface area contributed by atoms with Gasteiger partial charge in [0.1, 0.15) is 5.75 Å². The fourth-order valence-electron chi connectivity index (χ4n) is 3.34. The first kappa shape index (κ1) is 14.2. The van der Waals surface area contributed by atoms with Crippen LogP contribution in [0.25, 0.3) is 0 Å². The van der Waals surface area contributed by atoms with E-state index in [4.69, 9.17) is 10.5 Å². The number of aryl methyl sites for hydroxylation is 2. The second-order valence-corrected chi connectivity index (χ2v) is 6.19. The van der Waals surface area contributed by atoms with Crippen LogP contribution in [0.15, 0.2) is 42.5 Å². The average molecular weight is 281 g/mol. The molecule has 110 valence electrons. The Bertz CT molecular complexity index is 650. The van der Waals surface area contributed by atoms with Crippen LogP contribution in [0.5, 0.6) is 5.75 Å². The molecule has 2 aromatic rings. The SMILES string of the molecule is Cc1ccc(C)c(CC2(CN)CCOc3ccccc32)c1. The Hall–Kier alpha value is -1.80. The van der Waals surface area contributed by atoms with Crippen LogP contribution in [0.4, 0.5) is 0 Å². The molecule has 1 aliphatic rings. The largest absolute Gasteiger partial charge is 0.493 e. The van der Waals surface area contributed by atoms with E-state index in [2.05, 4.69) is 50.2 Å². The molecule has 2 heteroatoms. The summed E-state index contributed by atoms with van der Waals surface area (Å²) in [5.74, 6) is 1.000. The standard InChI is InChI=1S/C19H23NO/c1-14-7-8-15(2)16(11-14)12-19(13-20)9-10-21-18-6-4-3-5-17(18)19/h3-8,11H,9-10,12-13,20H2,1-2H3. The number of para-hydroxylation sites is 1. The highest BCUT2D eigenvalue weighted by Gasteiger charge is 2.36. The molecule has 2 N–H and O–H groups in total. The van der Waals surface area contributed by atoms with E-state index in [0.29, 0.717) is 6.54 Å². The van der Waals surface area contributed by atoms with Crippen LogP contribution < -0.4 is 10.5 Å². The van der Waals surface area contributed by atoms with Gasteiger partial charge in [-0.15, -0.1) is 0 Å². The van der Waals surface area contributed by atoms with E-state index in [1.165, 1.54) is 22.3 Å². The van der Waals surface area contributed by atoms with Crippen LogP contribution in [0, 0.1) is 13.8 Å². The molecule has 0 aliphatic carbocycles. The third-order valence-electron chi connectivity index (χ3n) is 4.72. The maximum atomic E-state index is 6.23. The van der Waals surface area contributed by atoms with Gasteiger partial charge in [0.15, 0.2) is 0 Å². The van der Waals surface area contributed by atoms with Crippen LogP contribution in [-0.2, 0) is 11.8 Å². The van der Waals surface area contributed by atoms with E-state index >= 15 is 0 Å². The summed E-state index contributed by atoms with van der Waals surface area (Å²) in [7, 11) is 0. The summed E-state index contributed by atoms with van der Waals surface area (Å²) >= 11 is 0. The summed E-state index contributed by atoms with van der Waals surface area (Å²) in [6.07, 6.45) is 1.96. The summed E-state index contributed by atoms with van der Waals surface area (Å²) in [4.78, 5) is 0. The Morgan fingerprint density at radius 1 is 1.14 bits per heavy atom. The molecule has 0 amide bonds. The van der Waals surface area contributed by atoms with Crippen molar-refractivity contribution in [3.63, 3.8) is 0 Å². The zero-order valence-corrected chi connectivity index (χ0v) is 12.9. The Kier molecular flexibility index (Phi) is 3.73. The third-order valence-corrected chi connectivity index (χ3v) is 4.72. The lowest BCUT2D eigenvalue weighted by molar-refractivity contribution is 0.215. The zero-order chi connectivity index (χ0) is 14.9. The van der Waals surface area contributed by atoms with Gasteiger partial charge in [0.2, 0.25) is 0 Å². The van der Waals surface area contributed by atoms with Crippen LogP contribution in [-0.4, -0.2) is 13.2 Å². The lowest BCUT2D eigenvalue weighted by atomic mass is 9.71. The first-order valence-electron chi connectivity index (χ1n) is 7.63. The molecule has 2 aromatic carbocycles. The molecule has 2 nitrogen and oxygen atoms in total. The Morgan fingerprint density at radius 3 is 2.76 bits per heavy atom. The van der Waals surface area contributed by atoms with Crippen molar-refractivity contribution in [3.8, 4) is 5.75 Å². The van der Waals surface area contributed by atoms with E-state index in [0.717, 1.165) is 25.2 Å². The van der Waals surface area contributed by atoms with Crippen molar-refractivity contribution in [3.05, 3.63) is 64.7 Å². The van der Waals surface area contributed by atoms with E-state index in [-0.39, 0.29) is 5.41 Å². The van der Waals surface area contributed by atoms with Crippen molar-refractivity contribution in [1.82, 2.24) is 0 Å². The zero-order valence-electron chi connectivity index (χ0n) is 12.9. The van der Waals surface area contributed by atoms with Gasteiger partial charge < -0.3 is 10.5 Å². The summed E-state index contributed by atoms with van der Waals surface area (Å²) in [6, 6.07) is 15.0. The maximum Gasteiger partial charge on any atom is 0.123 e. The smallest absolute Gasteiger partial charge is 0.123 e. The van der Waals surface area contributed by atoms with E-state index < -0.39 is 0 Å². The second kappa shape index (κ2) is 5.53. The molecule has 0 saturated carbocycles. The van der Waals surface area contributed by atoms with Gasteiger partial charge >= 0.3 is 0 Å². The number of hydrogen-bond acceptors (Lipinski definition) is 2. The summed E-state index contributed by atoms with van der Waals surface area (Å²) < 4.78 is 5.82. The minimum Gasteiger partial charge on any atom is -0.493 e. The number of rotatable bonds is 3. The highest BCUT2D eigenvalue weighted by atomic mass is 16.5. The Balaban J connectivity index is 2.04. The van der Waals surface area contributed by atoms with Gasteiger partial charge in [-0.1, -0.05) is 42.0 Å². The molecule has 1 atom stereocenters. The predicted molar refractivity (Wildman–Crippen MR) is 86.9 cm³/mol. The number of fused-ring (bicyclic) bond motifs is 1. The first-order valence-corrected chi connectivity index (χ1v) is 7.63. The molecular weight excluding hydrogens is 258 g/mol. The monoisotopic (exact) mass is 281 g/mol. The molecule has 0 fully saturated rings. The number of hydrogen-bond donors (Lipinski definition) is 1. The first-order chi connectivity index (χ1) is 10.1. The van der Waals surface area contributed by atoms with Crippen molar-refractivity contribution in [2.75, 3.05) is 13.2 Å². The molecule has 0 spiro atoms. The molecule has 0 aromatic heterocycles. The van der Waals surface area contributed by atoms with Crippen molar-refractivity contribution in [1.29, 1.82) is 0 Å². The van der Waals surface area contributed by atoms with Crippen molar-refractivity contribution in [2.45, 2.75) is 32.1 Å². The Morgan fingerprint density at radius 2 is 1.95 bits per heavy atom. The van der Waals surface area contributed by atoms with Crippen LogP contribution >= 0.6 is 0 Å². The van der Waals surface area contributed by atoms with Crippen LogP contribution in [0.2, 0.25) is 0 Å². The molecule has 0 radical (unpaired) electrons. The van der Waals surface area contributed by atoms with Gasteiger partial charge in [-0.05, 0) is 43.9 Å². The van der Waals surface area contributed by atoms with E-state index in [9.17, 15) is 0 Å². The van der Waals surface area contributed by atoms with E-state index in [1.54, 1.807) is 0 Å². The minimum atomic E-state index is -0.00655. The minimum absolute atomic E-state index is 0.00655. The average Bonchev–Trinajstić information content (AvgIpc) is 2.51. The highest BCUT2D eigenvalue weighted by Crippen LogP contribution is 2.40. The number of nitrogens with two attached hydrogens (primary N) is 1. The summed E-state index contributed by atoms with van der Waals surface area (Å²) in [5.41, 5.74) is 11.5. The normalized spacial score (nSPS) is 20.7. The maximum absolute atomic E-state index is 6.23. The van der Waals surface area contributed by atoms with Gasteiger partial charge in [-0.25, -0.2) is 0 Å². The van der Waals surface area contributed by atoms with Crippen molar-refractivity contribution >= 4 is 0 Å². The van der Waals surface area contributed by atoms with Gasteiger partial charge in [0, 0.05) is 17.5 Å². The fourth-order valence-corrected chi connectivity index (χ4v) is 3.34. The van der Waals surface area contributed by atoms with Crippen molar-refractivity contribution < 1.29 is 4.74 Å². The van der Waals surface area contributed by atoms with Gasteiger partial charge in [0.25, 0.3) is 0 Å². The lowest BCUT2D eigenvalue weighted by Crippen LogP contribution is -2.42. The highest BCUT2D eigenvalue weighted by molar-refractivity contribution is 5.44. The molecule has 0 saturated heterocycles. The van der Waals surface area contributed by atoms with Gasteiger partial charge in [0.05, 0.1) is 6.61 Å². The number of benzene rings is 2. The Labute approximate surface area is 126 Å². The molecule has 1 heterocycles. The molecule has 21 heavy (non-hydrogen) atoms. The topological polar surface area (TPSA) is 35.2 Å². The molecular formula is C19H23NO. The molecule has 1 unspecified atom stereocenters. The van der Waals surface area contributed by atoms with Gasteiger partial charge in [-0.3, -0.25) is 0 Å². The lowest BCUT2D eigenvalue weighted by Gasteiger charge is -2.38. The third kappa shape index (κ3) is 2.56. The predicted octanol–water partition coefficient (Wildman–Crippen LogP) is 3.53. The molecule has 1 aliphatic heterocycles. The van der Waals surface area contributed by atoms with Crippen molar-refractivity contribution in [2.24, 2.45) is 5.73 Å². The molecule has 0 bridgehead atoms. The van der Waals surface area contributed by atoms with E-state index in [1.807, 2.05) is 6.07 Å². The molecule has 3 rings (SSSR count). The number of ether oxygens (including phenoxy) is 1. The fraction of sp³-hybridized carbons (Fsp3) is 0.368. The second-order valence-electron chi connectivity index (χ2n) is 6.19.